The topological polar surface area (TPSA) is 58.2 Å². The lowest BCUT2D eigenvalue weighted by Crippen LogP contribution is -2.47. The van der Waals surface area contributed by atoms with Crippen molar-refractivity contribution in [1.29, 1.82) is 0 Å². The van der Waals surface area contributed by atoms with Gasteiger partial charge in [0.05, 0.1) is 0 Å². The maximum absolute atomic E-state index is 12.2. The minimum atomic E-state index is -0.572. The summed E-state index contributed by atoms with van der Waals surface area (Å²) in [7, 11) is 0. The molecule has 0 aromatic heterocycles. The molecule has 0 aliphatic carbocycles. The van der Waals surface area contributed by atoms with Crippen LogP contribution >= 0.6 is 0 Å². The van der Waals surface area contributed by atoms with E-state index in [1.165, 1.54) is 5.56 Å². The van der Waals surface area contributed by atoms with Gasteiger partial charge in [0, 0.05) is 11.6 Å². The van der Waals surface area contributed by atoms with Gasteiger partial charge in [-0.3, -0.25) is 9.59 Å². The molecule has 2 atom stereocenters. The number of aryl methyl sites for hydroxylation is 1. The summed E-state index contributed by atoms with van der Waals surface area (Å²) in [6.07, 6.45) is 1.77. The molecule has 0 saturated carbocycles. The fraction of sp³-hybridized carbons (Fsp3) is 0.300. The Balaban J connectivity index is 1.77. The predicted octanol–water partition coefficient (Wildman–Crippen LogP) is 2.94. The first-order chi connectivity index (χ1) is 11.6. The monoisotopic (exact) mass is 324 g/mol. The molecule has 0 aliphatic rings. The number of carbonyl (C=O) groups is 2. The van der Waals surface area contributed by atoms with Crippen LogP contribution in [0.5, 0.6) is 0 Å². The lowest BCUT2D eigenvalue weighted by molar-refractivity contribution is -0.123. The van der Waals surface area contributed by atoms with Gasteiger partial charge in [0.2, 0.25) is 5.91 Å². The summed E-state index contributed by atoms with van der Waals surface area (Å²) < 4.78 is 0. The number of carbonyl (C=O) groups excluding carboxylic acids is 2. The maximum atomic E-state index is 12.2. The number of benzene rings is 2. The van der Waals surface area contributed by atoms with Crippen molar-refractivity contribution in [2.45, 2.75) is 38.8 Å². The highest BCUT2D eigenvalue weighted by Crippen LogP contribution is 2.05. The average molecular weight is 324 g/mol. The Bertz CT molecular complexity index is 656. The van der Waals surface area contributed by atoms with Gasteiger partial charge in [-0.05, 0) is 44.4 Å². The van der Waals surface area contributed by atoms with Crippen molar-refractivity contribution >= 4 is 11.8 Å². The van der Waals surface area contributed by atoms with E-state index in [0.717, 1.165) is 12.8 Å². The van der Waals surface area contributed by atoms with Crippen LogP contribution < -0.4 is 10.6 Å². The van der Waals surface area contributed by atoms with Crippen LogP contribution in [0.1, 0.15) is 36.2 Å². The Morgan fingerprint density at radius 3 is 2.08 bits per heavy atom. The minimum absolute atomic E-state index is 0.0498. The molecule has 0 saturated heterocycles. The van der Waals surface area contributed by atoms with E-state index in [1.807, 2.05) is 31.2 Å². The van der Waals surface area contributed by atoms with E-state index in [2.05, 4.69) is 22.8 Å². The van der Waals surface area contributed by atoms with Gasteiger partial charge in [-0.15, -0.1) is 0 Å². The van der Waals surface area contributed by atoms with Gasteiger partial charge in [-0.1, -0.05) is 48.5 Å². The molecule has 2 aromatic rings. The van der Waals surface area contributed by atoms with Crippen molar-refractivity contribution in [3.05, 3.63) is 71.8 Å². The normalized spacial score (nSPS) is 12.9. The zero-order valence-corrected chi connectivity index (χ0v) is 14.2. The Labute approximate surface area is 143 Å². The molecule has 126 valence electrons. The minimum Gasteiger partial charge on any atom is -0.352 e. The first kappa shape index (κ1) is 17.7. The molecular formula is C20H24N2O2. The van der Waals surface area contributed by atoms with Crippen LogP contribution in [0, 0.1) is 0 Å². The highest BCUT2D eigenvalue weighted by molar-refractivity contribution is 5.97. The highest BCUT2D eigenvalue weighted by atomic mass is 16.2. The third kappa shape index (κ3) is 5.54. The number of rotatable bonds is 7. The van der Waals surface area contributed by atoms with Crippen molar-refractivity contribution in [1.82, 2.24) is 10.6 Å². The molecule has 4 nitrogen and oxygen atoms in total. The number of hydrogen-bond acceptors (Lipinski definition) is 2. The van der Waals surface area contributed by atoms with Crippen LogP contribution in [0.25, 0.3) is 0 Å². The van der Waals surface area contributed by atoms with Crippen molar-refractivity contribution in [2.24, 2.45) is 0 Å². The van der Waals surface area contributed by atoms with E-state index in [9.17, 15) is 9.59 Å². The molecule has 0 spiro atoms. The SMILES string of the molecule is CC(CCc1ccccc1)NC(=O)C(C)NC(=O)c1ccccc1. The third-order valence-corrected chi connectivity index (χ3v) is 3.87. The molecule has 0 heterocycles. The van der Waals surface area contributed by atoms with Crippen LogP contribution in [0.15, 0.2) is 60.7 Å². The summed E-state index contributed by atoms with van der Waals surface area (Å²) in [6.45, 7) is 3.67. The number of amides is 2. The summed E-state index contributed by atoms with van der Waals surface area (Å²) in [4.78, 5) is 24.3. The van der Waals surface area contributed by atoms with E-state index in [4.69, 9.17) is 0 Å². The van der Waals surface area contributed by atoms with Crippen LogP contribution in [0.3, 0.4) is 0 Å². The van der Waals surface area contributed by atoms with Crippen LogP contribution in [0.4, 0.5) is 0 Å². The Morgan fingerprint density at radius 2 is 1.46 bits per heavy atom. The van der Waals surface area contributed by atoms with Crippen molar-refractivity contribution in [3.63, 3.8) is 0 Å². The second-order valence-electron chi connectivity index (χ2n) is 6.00. The van der Waals surface area contributed by atoms with E-state index in [1.54, 1.807) is 31.2 Å². The van der Waals surface area contributed by atoms with E-state index < -0.39 is 6.04 Å². The molecule has 0 aliphatic heterocycles. The van der Waals surface area contributed by atoms with E-state index in [-0.39, 0.29) is 17.9 Å². The molecule has 4 heteroatoms. The van der Waals surface area contributed by atoms with Gasteiger partial charge in [0.15, 0.2) is 0 Å². The Hall–Kier alpha value is -2.62. The summed E-state index contributed by atoms with van der Waals surface area (Å²) in [5.74, 6) is -0.407. The lowest BCUT2D eigenvalue weighted by atomic mass is 10.1. The van der Waals surface area contributed by atoms with Gasteiger partial charge in [-0.2, -0.15) is 0 Å². The maximum Gasteiger partial charge on any atom is 0.251 e. The number of hydrogen-bond donors (Lipinski definition) is 2. The standard InChI is InChI=1S/C20H24N2O2/c1-15(13-14-17-9-5-3-6-10-17)21-19(23)16(2)22-20(24)18-11-7-4-8-12-18/h3-12,15-16H,13-14H2,1-2H3,(H,21,23)(H,22,24). The van der Waals surface area contributed by atoms with Crippen molar-refractivity contribution < 1.29 is 9.59 Å². The smallest absolute Gasteiger partial charge is 0.251 e. The molecule has 2 amide bonds. The first-order valence-electron chi connectivity index (χ1n) is 8.26. The van der Waals surface area contributed by atoms with Crippen molar-refractivity contribution in [2.75, 3.05) is 0 Å². The summed E-state index contributed by atoms with van der Waals surface area (Å²) in [6, 6.07) is 18.5. The molecular weight excluding hydrogens is 300 g/mol. The zero-order chi connectivity index (χ0) is 17.4. The van der Waals surface area contributed by atoms with Gasteiger partial charge in [-0.25, -0.2) is 0 Å². The molecule has 2 N–H and O–H groups in total. The molecule has 0 radical (unpaired) electrons. The van der Waals surface area contributed by atoms with E-state index >= 15 is 0 Å². The van der Waals surface area contributed by atoms with Crippen LogP contribution in [-0.4, -0.2) is 23.9 Å². The first-order valence-corrected chi connectivity index (χ1v) is 8.26. The molecule has 2 unspecified atom stereocenters. The quantitative estimate of drug-likeness (QED) is 0.823. The Morgan fingerprint density at radius 1 is 0.875 bits per heavy atom. The van der Waals surface area contributed by atoms with E-state index in [0.29, 0.717) is 5.56 Å². The summed E-state index contributed by atoms with van der Waals surface area (Å²) in [5.41, 5.74) is 1.80. The van der Waals surface area contributed by atoms with Crippen LogP contribution in [0.2, 0.25) is 0 Å². The van der Waals surface area contributed by atoms with Gasteiger partial charge in [0.25, 0.3) is 5.91 Å². The molecule has 0 bridgehead atoms. The summed E-state index contributed by atoms with van der Waals surface area (Å²) >= 11 is 0. The molecule has 2 aromatic carbocycles. The Kier molecular flexibility index (Phi) is 6.55. The number of nitrogens with one attached hydrogen (secondary N) is 2. The highest BCUT2D eigenvalue weighted by Gasteiger charge is 2.18. The predicted molar refractivity (Wildman–Crippen MR) is 95.7 cm³/mol. The zero-order valence-electron chi connectivity index (χ0n) is 14.2. The van der Waals surface area contributed by atoms with Crippen molar-refractivity contribution in [3.8, 4) is 0 Å². The largest absolute Gasteiger partial charge is 0.352 e. The van der Waals surface area contributed by atoms with Gasteiger partial charge >= 0.3 is 0 Å². The second kappa shape index (κ2) is 8.87. The van der Waals surface area contributed by atoms with Gasteiger partial charge in [0.1, 0.15) is 6.04 Å². The van der Waals surface area contributed by atoms with Crippen LogP contribution in [-0.2, 0) is 11.2 Å². The average Bonchev–Trinajstić information content (AvgIpc) is 2.61. The molecule has 24 heavy (non-hydrogen) atoms. The fourth-order valence-electron chi connectivity index (χ4n) is 2.40. The third-order valence-electron chi connectivity index (χ3n) is 3.87. The lowest BCUT2D eigenvalue weighted by Gasteiger charge is -2.18. The fourth-order valence-corrected chi connectivity index (χ4v) is 2.40. The second-order valence-corrected chi connectivity index (χ2v) is 6.00. The van der Waals surface area contributed by atoms with Gasteiger partial charge < -0.3 is 10.6 Å². The summed E-state index contributed by atoms with van der Waals surface area (Å²) in [5, 5.41) is 5.68. The molecule has 0 fully saturated rings. The molecule has 2 rings (SSSR count).